The molecular formula is C18H18O. The number of benzene rings is 2. The van der Waals surface area contributed by atoms with Crippen LogP contribution in [-0.4, -0.2) is 5.60 Å². The van der Waals surface area contributed by atoms with Gasteiger partial charge in [-0.2, -0.15) is 0 Å². The number of ether oxygens (including phenoxy) is 1. The molecule has 0 amide bonds. The summed E-state index contributed by atoms with van der Waals surface area (Å²) >= 11 is 0. The van der Waals surface area contributed by atoms with Crippen LogP contribution in [0.3, 0.4) is 0 Å². The Morgan fingerprint density at radius 2 is 1.74 bits per heavy atom. The third-order valence-corrected chi connectivity index (χ3v) is 3.36. The third-order valence-electron chi connectivity index (χ3n) is 3.36. The molecule has 0 N–H and O–H groups in total. The molecule has 96 valence electrons. The van der Waals surface area contributed by atoms with Crippen LogP contribution in [0.25, 0.3) is 6.08 Å². The molecule has 1 aliphatic heterocycles. The van der Waals surface area contributed by atoms with Crippen molar-refractivity contribution in [1.29, 1.82) is 0 Å². The lowest BCUT2D eigenvalue weighted by Gasteiger charge is -2.28. The zero-order valence-corrected chi connectivity index (χ0v) is 11.4. The molecule has 1 heterocycles. The largest absolute Gasteiger partial charge is 0.483 e. The number of fused-ring (bicyclic) bond motifs is 1. The molecule has 1 nitrogen and oxygen atoms in total. The number of rotatable bonds is 2. The van der Waals surface area contributed by atoms with Gasteiger partial charge in [-0.25, -0.2) is 0 Å². The molecule has 0 unspecified atom stereocenters. The highest BCUT2D eigenvalue weighted by Gasteiger charge is 2.21. The highest BCUT2D eigenvalue weighted by Crippen LogP contribution is 2.31. The summed E-state index contributed by atoms with van der Waals surface area (Å²) in [4.78, 5) is 0. The van der Waals surface area contributed by atoms with Crippen molar-refractivity contribution in [2.45, 2.75) is 25.9 Å². The van der Waals surface area contributed by atoms with Crippen molar-refractivity contribution in [2.75, 3.05) is 0 Å². The molecule has 0 fully saturated rings. The van der Waals surface area contributed by atoms with E-state index in [0.717, 1.165) is 12.2 Å². The zero-order valence-electron chi connectivity index (χ0n) is 11.4. The van der Waals surface area contributed by atoms with E-state index < -0.39 is 0 Å². The highest BCUT2D eigenvalue weighted by molar-refractivity contribution is 5.62. The Balaban J connectivity index is 1.87. The van der Waals surface area contributed by atoms with E-state index in [1.807, 2.05) is 0 Å². The second-order valence-corrected chi connectivity index (χ2v) is 5.57. The molecule has 0 aliphatic carbocycles. The van der Waals surface area contributed by atoms with E-state index in [4.69, 9.17) is 4.74 Å². The first-order chi connectivity index (χ1) is 9.12. The van der Waals surface area contributed by atoms with E-state index in [1.54, 1.807) is 0 Å². The number of hydrogen-bond donors (Lipinski definition) is 0. The van der Waals surface area contributed by atoms with Crippen molar-refractivity contribution in [1.82, 2.24) is 0 Å². The van der Waals surface area contributed by atoms with Crippen LogP contribution in [0.1, 0.15) is 30.5 Å². The van der Waals surface area contributed by atoms with Crippen molar-refractivity contribution >= 4 is 6.08 Å². The van der Waals surface area contributed by atoms with Crippen molar-refractivity contribution < 1.29 is 4.74 Å². The van der Waals surface area contributed by atoms with Gasteiger partial charge in [-0.1, -0.05) is 42.5 Å². The molecule has 0 aromatic heterocycles. The van der Waals surface area contributed by atoms with Gasteiger partial charge in [-0.15, -0.1) is 0 Å². The fourth-order valence-corrected chi connectivity index (χ4v) is 2.37. The average Bonchev–Trinajstić information content (AvgIpc) is 2.39. The molecular weight excluding hydrogens is 232 g/mol. The SMILES string of the molecule is CC1(C)C=Cc2cc(Cc3ccccc3)ccc2O1. The standard InChI is InChI=1S/C18H18O/c1-18(2)11-10-16-13-15(8-9-17(16)19-18)12-14-6-4-3-5-7-14/h3-11,13H,12H2,1-2H3. The minimum Gasteiger partial charge on any atom is -0.483 e. The van der Waals surface area contributed by atoms with E-state index in [2.05, 4.69) is 74.5 Å². The lowest BCUT2D eigenvalue weighted by Crippen LogP contribution is -2.27. The van der Waals surface area contributed by atoms with Gasteiger partial charge in [0.05, 0.1) is 0 Å². The van der Waals surface area contributed by atoms with E-state index >= 15 is 0 Å². The summed E-state index contributed by atoms with van der Waals surface area (Å²) in [6.45, 7) is 4.15. The Labute approximate surface area is 114 Å². The molecule has 2 aromatic carbocycles. The summed E-state index contributed by atoms with van der Waals surface area (Å²) in [6.07, 6.45) is 5.24. The molecule has 0 spiro atoms. The Bertz CT molecular complexity index is 609. The molecule has 0 atom stereocenters. The van der Waals surface area contributed by atoms with Gasteiger partial charge in [0, 0.05) is 5.56 Å². The second kappa shape index (κ2) is 4.58. The third kappa shape index (κ3) is 2.70. The quantitative estimate of drug-likeness (QED) is 0.764. The van der Waals surface area contributed by atoms with Crippen molar-refractivity contribution in [3.8, 4) is 5.75 Å². The maximum Gasteiger partial charge on any atom is 0.127 e. The second-order valence-electron chi connectivity index (χ2n) is 5.57. The summed E-state index contributed by atoms with van der Waals surface area (Å²) < 4.78 is 5.94. The predicted octanol–water partition coefficient (Wildman–Crippen LogP) is 4.46. The molecule has 19 heavy (non-hydrogen) atoms. The van der Waals surface area contributed by atoms with E-state index in [0.29, 0.717) is 0 Å². The lowest BCUT2D eigenvalue weighted by molar-refractivity contribution is 0.159. The van der Waals surface area contributed by atoms with Crippen LogP contribution in [-0.2, 0) is 6.42 Å². The average molecular weight is 250 g/mol. The molecule has 0 radical (unpaired) electrons. The smallest absolute Gasteiger partial charge is 0.127 e. The minimum absolute atomic E-state index is 0.200. The van der Waals surface area contributed by atoms with E-state index in [-0.39, 0.29) is 5.60 Å². The Morgan fingerprint density at radius 1 is 0.947 bits per heavy atom. The van der Waals surface area contributed by atoms with Gasteiger partial charge >= 0.3 is 0 Å². The summed E-state index contributed by atoms with van der Waals surface area (Å²) in [5.41, 5.74) is 3.63. The normalized spacial score (nSPS) is 15.7. The van der Waals surface area contributed by atoms with Crippen LogP contribution >= 0.6 is 0 Å². The Hall–Kier alpha value is -2.02. The number of hydrogen-bond acceptors (Lipinski definition) is 1. The fourth-order valence-electron chi connectivity index (χ4n) is 2.37. The van der Waals surface area contributed by atoms with Crippen LogP contribution in [0, 0.1) is 0 Å². The first kappa shape index (κ1) is 12.0. The van der Waals surface area contributed by atoms with E-state index in [1.165, 1.54) is 16.7 Å². The molecule has 1 heteroatoms. The maximum atomic E-state index is 5.94. The first-order valence-corrected chi connectivity index (χ1v) is 6.67. The van der Waals surface area contributed by atoms with Gasteiger partial charge in [0.1, 0.15) is 11.4 Å². The summed E-state index contributed by atoms with van der Waals surface area (Å²) in [7, 11) is 0. The van der Waals surface area contributed by atoms with Crippen LogP contribution < -0.4 is 4.74 Å². The summed E-state index contributed by atoms with van der Waals surface area (Å²) in [5.74, 6) is 0.976. The predicted molar refractivity (Wildman–Crippen MR) is 79.4 cm³/mol. The molecule has 2 aromatic rings. The van der Waals surface area contributed by atoms with Crippen LogP contribution in [0.5, 0.6) is 5.75 Å². The van der Waals surface area contributed by atoms with Crippen molar-refractivity contribution in [3.05, 3.63) is 71.3 Å². The van der Waals surface area contributed by atoms with Gasteiger partial charge < -0.3 is 4.74 Å². The molecule has 0 bridgehead atoms. The molecule has 0 saturated carbocycles. The van der Waals surface area contributed by atoms with Gasteiger partial charge in [-0.05, 0) is 49.6 Å². The van der Waals surface area contributed by atoms with E-state index in [9.17, 15) is 0 Å². The first-order valence-electron chi connectivity index (χ1n) is 6.67. The Kier molecular flexibility index (Phi) is 2.90. The van der Waals surface area contributed by atoms with Crippen molar-refractivity contribution in [2.24, 2.45) is 0 Å². The van der Waals surface area contributed by atoms with Crippen LogP contribution in [0.15, 0.2) is 54.6 Å². The zero-order chi connectivity index (χ0) is 13.3. The van der Waals surface area contributed by atoms with Gasteiger partial charge in [-0.3, -0.25) is 0 Å². The van der Waals surface area contributed by atoms with Crippen LogP contribution in [0.2, 0.25) is 0 Å². The highest BCUT2D eigenvalue weighted by atomic mass is 16.5. The summed E-state index contributed by atoms with van der Waals surface area (Å²) in [6, 6.07) is 17.0. The van der Waals surface area contributed by atoms with Gasteiger partial charge in [0.15, 0.2) is 0 Å². The Morgan fingerprint density at radius 3 is 2.53 bits per heavy atom. The van der Waals surface area contributed by atoms with Gasteiger partial charge in [0.2, 0.25) is 0 Å². The monoisotopic (exact) mass is 250 g/mol. The van der Waals surface area contributed by atoms with Crippen molar-refractivity contribution in [3.63, 3.8) is 0 Å². The topological polar surface area (TPSA) is 9.23 Å². The summed E-state index contributed by atoms with van der Waals surface area (Å²) in [5, 5.41) is 0. The molecule has 0 saturated heterocycles. The van der Waals surface area contributed by atoms with Crippen LogP contribution in [0.4, 0.5) is 0 Å². The van der Waals surface area contributed by atoms with Gasteiger partial charge in [0.25, 0.3) is 0 Å². The minimum atomic E-state index is -0.200. The molecule has 3 rings (SSSR count). The lowest BCUT2D eigenvalue weighted by atomic mass is 9.98. The molecule has 1 aliphatic rings. The fraction of sp³-hybridized carbons (Fsp3) is 0.222. The maximum absolute atomic E-state index is 5.94.